The highest BCUT2D eigenvalue weighted by atomic mass is 32.2. The number of hydrogen-bond acceptors (Lipinski definition) is 5. The minimum absolute atomic E-state index is 0.287. The highest BCUT2D eigenvalue weighted by Crippen LogP contribution is 2.18. The van der Waals surface area contributed by atoms with Gasteiger partial charge < -0.3 is 15.5 Å². The maximum atomic E-state index is 11.1. The maximum Gasteiger partial charge on any atom is 0.208 e. The Morgan fingerprint density at radius 2 is 2.28 bits per heavy atom. The van der Waals surface area contributed by atoms with E-state index in [1.807, 2.05) is 31.0 Å². The maximum absolute atomic E-state index is 11.1. The summed E-state index contributed by atoms with van der Waals surface area (Å²) in [7, 11) is -1.25. The van der Waals surface area contributed by atoms with Crippen molar-refractivity contribution >= 4 is 21.7 Å². The van der Waals surface area contributed by atoms with E-state index in [1.54, 1.807) is 0 Å². The van der Waals surface area contributed by atoms with E-state index >= 15 is 0 Å². The molecule has 2 heterocycles. The summed E-state index contributed by atoms with van der Waals surface area (Å²) in [4.78, 5) is 6.77. The number of guanidine groups is 1. The molecular formula is C15H29N7O2S. The molecule has 0 aliphatic carbocycles. The number of piperidine rings is 1. The third-order valence-electron chi connectivity index (χ3n) is 3.91. The van der Waals surface area contributed by atoms with Crippen LogP contribution in [0.15, 0.2) is 17.4 Å². The lowest BCUT2D eigenvalue weighted by atomic mass is 10.1. The van der Waals surface area contributed by atoms with Gasteiger partial charge in [-0.15, -0.1) is 0 Å². The minimum atomic E-state index is -3.17. The highest BCUT2D eigenvalue weighted by molar-refractivity contribution is 7.88. The van der Waals surface area contributed by atoms with Gasteiger partial charge in [0.2, 0.25) is 10.0 Å². The van der Waals surface area contributed by atoms with Crippen LogP contribution in [0.2, 0.25) is 0 Å². The third kappa shape index (κ3) is 6.91. The van der Waals surface area contributed by atoms with Crippen LogP contribution in [0.25, 0.3) is 0 Å². The Labute approximate surface area is 149 Å². The van der Waals surface area contributed by atoms with Crippen molar-refractivity contribution in [3.8, 4) is 0 Å². The summed E-state index contributed by atoms with van der Waals surface area (Å²) in [6, 6.07) is 0.287. The van der Waals surface area contributed by atoms with Crippen LogP contribution in [-0.2, 0) is 17.1 Å². The molecule has 25 heavy (non-hydrogen) atoms. The Kier molecular flexibility index (Phi) is 7.06. The first-order valence-electron chi connectivity index (χ1n) is 8.60. The van der Waals surface area contributed by atoms with Crippen LogP contribution < -0.4 is 20.3 Å². The van der Waals surface area contributed by atoms with Crippen LogP contribution in [0, 0.1) is 0 Å². The quantitative estimate of drug-likeness (QED) is 0.339. The first-order valence-corrected chi connectivity index (χ1v) is 10.5. The Morgan fingerprint density at radius 1 is 1.48 bits per heavy atom. The molecule has 1 aliphatic heterocycles. The molecular weight excluding hydrogens is 342 g/mol. The number of nitrogens with zero attached hydrogens (tertiary/aromatic N) is 4. The number of anilines is 1. The van der Waals surface area contributed by atoms with E-state index in [4.69, 9.17) is 0 Å². The van der Waals surface area contributed by atoms with E-state index in [2.05, 4.69) is 30.3 Å². The minimum Gasteiger partial charge on any atom is -0.367 e. The fourth-order valence-corrected chi connectivity index (χ4v) is 3.28. The van der Waals surface area contributed by atoms with Crippen molar-refractivity contribution in [3.63, 3.8) is 0 Å². The summed E-state index contributed by atoms with van der Waals surface area (Å²) in [5.74, 6) is 0.718. The van der Waals surface area contributed by atoms with Crippen molar-refractivity contribution in [2.75, 3.05) is 43.9 Å². The number of aryl methyl sites for hydroxylation is 1. The first-order chi connectivity index (χ1) is 11.9. The zero-order valence-corrected chi connectivity index (χ0v) is 16.0. The van der Waals surface area contributed by atoms with Crippen molar-refractivity contribution in [1.82, 2.24) is 25.1 Å². The van der Waals surface area contributed by atoms with Crippen molar-refractivity contribution in [2.45, 2.75) is 25.8 Å². The number of hydrogen-bond donors (Lipinski definition) is 3. The van der Waals surface area contributed by atoms with E-state index in [0.717, 1.165) is 50.4 Å². The molecule has 10 heteroatoms. The summed E-state index contributed by atoms with van der Waals surface area (Å²) in [5, 5.41) is 10.9. The lowest BCUT2D eigenvalue weighted by molar-refractivity contribution is 0.468. The molecule has 0 spiro atoms. The molecule has 142 valence electrons. The van der Waals surface area contributed by atoms with Gasteiger partial charge in [-0.3, -0.25) is 9.67 Å². The monoisotopic (exact) mass is 371 g/mol. The predicted molar refractivity (Wildman–Crippen MR) is 100 cm³/mol. The molecule has 2 rings (SSSR count). The number of aromatic nitrogens is 2. The molecule has 1 saturated heterocycles. The predicted octanol–water partition coefficient (Wildman–Crippen LogP) is -0.507. The molecule has 1 fully saturated rings. The van der Waals surface area contributed by atoms with Gasteiger partial charge in [0.25, 0.3) is 0 Å². The normalized spacial score (nSPS) is 19.1. The van der Waals surface area contributed by atoms with Gasteiger partial charge in [0.15, 0.2) is 5.96 Å². The molecule has 0 radical (unpaired) electrons. The van der Waals surface area contributed by atoms with Crippen molar-refractivity contribution < 1.29 is 8.42 Å². The van der Waals surface area contributed by atoms with Gasteiger partial charge in [-0.25, -0.2) is 13.1 Å². The highest BCUT2D eigenvalue weighted by Gasteiger charge is 2.21. The van der Waals surface area contributed by atoms with Crippen LogP contribution in [0.5, 0.6) is 0 Å². The summed E-state index contributed by atoms with van der Waals surface area (Å²) >= 11 is 0. The molecule has 0 aromatic carbocycles. The lowest BCUT2D eigenvalue weighted by Crippen LogP contribution is -2.51. The van der Waals surface area contributed by atoms with Crippen LogP contribution in [0.1, 0.15) is 19.8 Å². The second kappa shape index (κ2) is 9.04. The zero-order valence-electron chi connectivity index (χ0n) is 15.2. The van der Waals surface area contributed by atoms with E-state index in [-0.39, 0.29) is 6.04 Å². The summed E-state index contributed by atoms with van der Waals surface area (Å²) < 4.78 is 26.4. The van der Waals surface area contributed by atoms with Gasteiger partial charge in [0.05, 0.1) is 24.7 Å². The molecule has 1 unspecified atom stereocenters. The second-order valence-corrected chi connectivity index (χ2v) is 8.06. The van der Waals surface area contributed by atoms with E-state index in [1.165, 1.54) is 0 Å². The smallest absolute Gasteiger partial charge is 0.208 e. The standard InChI is InChI=1S/C15H29N7O2S/c1-4-16-15(17-7-8-19-25(3,23)24)20-13-6-5-9-22(11-13)14-10-18-21(2)12-14/h10,12-13,19H,4-9,11H2,1-3H3,(H2,16,17,20). The number of aliphatic imine (C=N–C) groups is 1. The molecule has 1 aromatic rings. The Balaban J connectivity index is 1.89. The van der Waals surface area contributed by atoms with Gasteiger partial charge in [-0.2, -0.15) is 5.10 Å². The molecule has 1 aliphatic rings. The van der Waals surface area contributed by atoms with Gasteiger partial charge >= 0.3 is 0 Å². The lowest BCUT2D eigenvalue weighted by Gasteiger charge is -2.34. The molecule has 3 N–H and O–H groups in total. The van der Waals surface area contributed by atoms with Crippen molar-refractivity contribution in [2.24, 2.45) is 12.0 Å². The fourth-order valence-electron chi connectivity index (χ4n) is 2.81. The van der Waals surface area contributed by atoms with Gasteiger partial charge in [-0.1, -0.05) is 0 Å². The van der Waals surface area contributed by atoms with Gasteiger partial charge in [0, 0.05) is 45.5 Å². The molecule has 0 bridgehead atoms. The summed E-state index contributed by atoms with van der Waals surface area (Å²) in [6.45, 7) is 5.36. The molecule has 1 atom stereocenters. The van der Waals surface area contributed by atoms with E-state index < -0.39 is 10.0 Å². The number of nitrogens with one attached hydrogen (secondary N) is 3. The molecule has 9 nitrogen and oxygen atoms in total. The SMILES string of the molecule is CCNC(=NCCNS(C)(=O)=O)NC1CCCN(c2cnn(C)c2)C1. The second-order valence-electron chi connectivity index (χ2n) is 6.23. The van der Waals surface area contributed by atoms with Crippen LogP contribution >= 0.6 is 0 Å². The Hall–Kier alpha value is -1.81. The van der Waals surface area contributed by atoms with E-state index in [0.29, 0.717) is 13.1 Å². The zero-order chi connectivity index (χ0) is 18.3. The summed E-state index contributed by atoms with van der Waals surface area (Å²) in [5.41, 5.74) is 1.13. The molecule has 0 saturated carbocycles. The Morgan fingerprint density at radius 3 is 2.92 bits per heavy atom. The topological polar surface area (TPSA) is 104 Å². The number of sulfonamides is 1. The molecule has 1 aromatic heterocycles. The van der Waals surface area contributed by atoms with Gasteiger partial charge in [0.1, 0.15) is 0 Å². The van der Waals surface area contributed by atoms with Crippen LogP contribution in [-0.4, -0.2) is 69.2 Å². The fraction of sp³-hybridized carbons (Fsp3) is 0.733. The van der Waals surface area contributed by atoms with Gasteiger partial charge in [-0.05, 0) is 19.8 Å². The largest absolute Gasteiger partial charge is 0.367 e. The molecule has 0 amide bonds. The number of rotatable bonds is 7. The van der Waals surface area contributed by atoms with E-state index in [9.17, 15) is 8.42 Å². The van der Waals surface area contributed by atoms with Crippen molar-refractivity contribution in [1.29, 1.82) is 0 Å². The van der Waals surface area contributed by atoms with Crippen LogP contribution in [0.3, 0.4) is 0 Å². The van der Waals surface area contributed by atoms with Crippen LogP contribution in [0.4, 0.5) is 5.69 Å². The third-order valence-corrected chi connectivity index (χ3v) is 4.64. The van der Waals surface area contributed by atoms with Crippen molar-refractivity contribution in [3.05, 3.63) is 12.4 Å². The Bertz CT molecular complexity index is 671. The first kappa shape index (κ1) is 19.5. The average molecular weight is 372 g/mol. The average Bonchev–Trinajstić information content (AvgIpc) is 2.98. The summed E-state index contributed by atoms with van der Waals surface area (Å²) in [6.07, 6.45) is 7.23.